The lowest BCUT2D eigenvalue weighted by molar-refractivity contribution is -0.117. The lowest BCUT2D eigenvalue weighted by Crippen LogP contribution is -2.21. The monoisotopic (exact) mass is 316 g/mol. The average molecular weight is 316 g/mol. The van der Waals surface area contributed by atoms with Gasteiger partial charge in [-0.05, 0) is 37.8 Å². The second-order valence-electron chi connectivity index (χ2n) is 5.93. The number of furan rings is 1. The molecule has 6 heteroatoms. The van der Waals surface area contributed by atoms with Gasteiger partial charge in [0, 0.05) is 11.8 Å². The Bertz CT molecular complexity index is 712. The Labute approximate surface area is 131 Å². The Balaban J connectivity index is 1.66. The van der Waals surface area contributed by atoms with Gasteiger partial charge in [-0.1, -0.05) is 17.8 Å². The van der Waals surface area contributed by atoms with Crippen molar-refractivity contribution in [3.63, 3.8) is 0 Å². The SMILES string of the molecule is O=C(Nc1nc(-c2ccco2)c(C(=O)C2CCC2)s1)C1CC1. The maximum Gasteiger partial charge on any atom is 0.229 e. The van der Waals surface area contributed by atoms with E-state index in [2.05, 4.69) is 10.3 Å². The van der Waals surface area contributed by atoms with Crippen LogP contribution in [0.5, 0.6) is 0 Å². The van der Waals surface area contributed by atoms with Crippen molar-refractivity contribution < 1.29 is 14.0 Å². The van der Waals surface area contributed by atoms with E-state index in [0.717, 1.165) is 32.1 Å². The number of nitrogens with one attached hydrogen (secondary N) is 1. The van der Waals surface area contributed by atoms with Gasteiger partial charge in [0.1, 0.15) is 10.6 Å². The summed E-state index contributed by atoms with van der Waals surface area (Å²) >= 11 is 1.26. The fourth-order valence-corrected chi connectivity index (χ4v) is 3.52. The smallest absolute Gasteiger partial charge is 0.229 e. The molecule has 114 valence electrons. The Morgan fingerprint density at radius 1 is 1.23 bits per heavy atom. The van der Waals surface area contributed by atoms with E-state index in [0.29, 0.717) is 21.5 Å². The minimum Gasteiger partial charge on any atom is -0.463 e. The van der Waals surface area contributed by atoms with Gasteiger partial charge in [-0.3, -0.25) is 9.59 Å². The molecule has 2 saturated carbocycles. The van der Waals surface area contributed by atoms with Crippen molar-refractivity contribution in [2.45, 2.75) is 32.1 Å². The molecule has 1 N–H and O–H groups in total. The third kappa shape index (κ3) is 2.47. The molecule has 0 atom stereocenters. The van der Waals surface area contributed by atoms with E-state index >= 15 is 0 Å². The summed E-state index contributed by atoms with van der Waals surface area (Å²) in [6.45, 7) is 0. The molecule has 0 bridgehead atoms. The van der Waals surface area contributed by atoms with Gasteiger partial charge in [-0.25, -0.2) is 4.98 Å². The molecule has 2 aromatic rings. The fourth-order valence-electron chi connectivity index (χ4n) is 2.53. The molecule has 5 nitrogen and oxygen atoms in total. The molecule has 2 fully saturated rings. The van der Waals surface area contributed by atoms with Crippen LogP contribution in [0.3, 0.4) is 0 Å². The van der Waals surface area contributed by atoms with E-state index in [1.165, 1.54) is 11.3 Å². The van der Waals surface area contributed by atoms with Crippen LogP contribution in [-0.2, 0) is 4.79 Å². The third-order valence-corrected chi connectivity index (χ3v) is 5.25. The molecule has 0 unspecified atom stereocenters. The van der Waals surface area contributed by atoms with E-state index in [-0.39, 0.29) is 23.5 Å². The number of hydrogen-bond acceptors (Lipinski definition) is 5. The summed E-state index contributed by atoms with van der Waals surface area (Å²) in [5.74, 6) is 0.915. The maximum absolute atomic E-state index is 12.6. The van der Waals surface area contributed by atoms with Gasteiger partial charge in [-0.15, -0.1) is 0 Å². The first-order valence-corrected chi connectivity index (χ1v) is 8.44. The highest BCUT2D eigenvalue weighted by molar-refractivity contribution is 7.18. The molecule has 0 spiro atoms. The minimum absolute atomic E-state index is 0.00221. The van der Waals surface area contributed by atoms with E-state index in [4.69, 9.17) is 4.42 Å². The van der Waals surface area contributed by atoms with Crippen LogP contribution in [-0.4, -0.2) is 16.7 Å². The number of thiazole rings is 1. The van der Waals surface area contributed by atoms with Gasteiger partial charge in [0.2, 0.25) is 5.91 Å². The molecule has 2 aliphatic carbocycles. The summed E-state index contributed by atoms with van der Waals surface area (Å²) in [7, 11) is 0. The predicted octanol–water partition coefficient (Wildman–Crippen LogP) is 3.73. The normalized spacial score (nSPS) is 18.0. The molecule has 0 radical (unpaired) electrons. The summed E-state index contributed by atoms with van der Waals surface area (Å²) < 4.78 is 5.40. The zero-order valence-corrected chi connectivity index (χ0v) is 12.8. The lowest BCUT2D eigenvalue weighted by atomic mass is 9.81. The van der Waals surface area contributed by atoms with E-state index < -0.39 is 0 Å². The number of carbonyl (C=O) groups excluding carboxylic acids is 2. The molecule has 2 aromatic heterocycles. The first-order valence-electron chi connectivity index (χ1n) is 7.62. The molecule has 0 aromatic carbocycles. The number of ketones is 1. The highest BCUT2D eigenvalue weighted by Gasteiger charge is 2.33. The van der Waals surface area contributed by atoms with Crippen LogP contribution in [0.1, 0.15) is 41.8 Å². The van der Waals surface area contributed by atoms with Gasteiger partial charge < -0.3 is 9.73 Å². The van der Waals surface area contributed by atoms with Crippen molar-refractivity contribution in [1.82, 2.24) is 4.98 Å². The Morgan fingerprint density at radius 2 is 2.05 bits per heavy atom. The van der Waals surface area contributed by atoms with E-state index in [1.807, 2.05) is 0 Å². The topological polar surface area (TPSA) is 72.2 Å². The Hall–Kier alpha value is -1.95. The number of aromatic nitrogens is 1. The molecule has 4 rings (SSSR count). The first-order chi connectivity index (χ1) is 10.7. The van der Waals surface area contributed by atoms with E-state index in [9.17, 15) is 9.59 Å². The standard InChI is InChI=1S/C16H16N2O3S/c19-13(9-3-1-4-9)14-12(11-5-2-8-21-11)17-16(22-14)18-15(20)10-6-7-10/h2,5,8-10H,1,3-4,6-7H2,(H,17,18,20). The van der Waals surface area contributed by atoms with Crippen LogP contribution in [0.2, 0.25) is 0 Å². The number of nitrogens with zero attached hydrogens (tertiary/aromatic N) is 1. The van der Waals surface area contributed by atoms with Crippen molar-refractivity contribution in [2.75, 3.05) is 5.32 Å². The first kappa shape index (κ1) is 13.7. The van der Waals surface area contributed by atoms with Crippen LogP contribution >= 0.6 is 11.3 Å². The number of rotatable bonds is 5. The summed E-state index contributed by atoms with van der Waals surface area (Å²) in [4.78, 5) is 29.5. The fraction of sp³-hybridized carbons (Fsp3) is 0.438. The molecule has 2 aliphatic rings. The zero-order valence-electron chi connectivity index (χ0n) is 12.0. The molecule has 0 saturated heterocycles. The molecule has 0 aliphatic heterocycles. The van der Waals surface area contributed by atoms with Crippen molar-refractivity contribution in [2.24, 2.45) is 11.8 Å². The number of Topliss-reactive ketones (excluding diaryl/α,β-unsaturated/α-hetero) is 1. The van der Waals surface area contributed by atoms with Crippen LogP contribution < -0.4 is 5.32 Å². The molecular weight excluding hydrogens is 300 g/mol. The minimum atomic E-state index is 0.00221. The van der Waals surface area contributed by atoms with Gasteiger partial charge in [-0.2, -0.15) is 0 Å². The zero-order chi connectivity index (χ0) is 15.1. The summed E-state index contributed by atoms with van der Waals surface area (Å²) in [6, 6.07) is 3.56. The van der Waals surface area contributed by atoms with Crippen LogP contribution in [0.15, 0.2) is 22.8 Å². The molecule has 22 heavy (non-hydrogen) atoms. The van der Waals surface area contributed by atoms with Crippen molar-refractivity contribution in [3.05, 3.63) is 23.3 Å². The second-order valence-corrected chi connectivity index (χ2v) is 6.93. The largest absolute Gasteiger partial charge is 0.463 e. The number of carbonyl (C=O) groups is 2. The van der Waals surface area contributed by atoms with Gasteiger partial charge >= 0.3 is 0 Å². The van der Waals surface area contributed by atoms with Crippen LogP contribution in [0.4, 0.5) is 5.13 Å². The van der Waals surface area contributed by atoms with Crippen LogP contribution in [0.25, 0.3) is 11.5 Å². The van der Waals surface area contributed by atoms with Crippen molar-refractivity contribution >= 4 is 28.2 Å². The van der Waals surface area contributed by atoms with Gasteiger partial charge in [0.05, 0.1) is 6.26 Å². The third-order valence-electron chi connectivity index (χ3n) is 4.26. The molecule has 2 heterocycles. The quantitative estimate of drug-likeness (QED) is 0.853. The maximum atomic E-state index is 12.6. The van der Waals surface area contributed by atoms with E-state index in [1.54, 1.807) is 18.4 Å². The van der Waals surface area contributed by atoms with Crippen molar-refractivity contribution in [3.8, 4) is 11.5 Å². The van der Waals surface area contributed by atoms with Gasteiger partial charge in [0.25, 0.3) is 0 Å². The molecule has 1 amide bonds. The number of hydrogen-bond donors (Lipinski definition) is 1. The predicted molar refractivity (Wildman–Crippen MR) is 82.8 cm³/mol. The summed E-state index contributed by atoms with van der Waals surface area (Å²) in [5.41, 5.74) is 0.554. The highest BCUT2D eigenvalue weighted by atomic mass is 32.1. The van der Waals surface area contributed by atoms with Crippen molar-refractivity contribution in [1.29, 1.82) is 0 Å². The Morgan fingerprint density at radius 3 is 2.64 bits per heavy atom. The highest BCUT2D eigenvalue weighted by Crippen LogP contribution is 2.38. The summed E-state index contributed by atoms with van der Waals surface area (Å²) in [5, 5.41) is 3.32. The number of amides is 1. The molecular formula is C16H16N2O3S. The van der Waals surface area contributed by atoms with Gasteiger partial charge in [0.15, 0.2) is 16.7 Å². The second kappa shape index (κ2) is 5.35. The summed E-state index contributed by atoms with van der Waals surface area (Å²) in [6.07, 6.45) is 6.44. The Kier molecular flexibility index (Phi) is 3.33. The average Bonchev–Trinajstić information content (AvgIpc) is 2.99. The number of anilines is 1. The lowest BCUT2D eigenvalue weighted by Gasteiger charge is -2.23. The van der Waals surface area contributed by atoms with Crippen LogP contribution in [0, 0.1) is 11.8 Å².